The van der Waals surface area contributed by atoms with Gasteiger partial charge in [-0.2, -0.15) is 0 Å². The average molecular weight is 290 g/mol. The summed E-state index contributed by atoms with van der Waals surface area (Å²) in [6.45, 7) is 6.56. The van der Waals surface area contributed by atoms with Crippen LogP contribution in [0, 0.1) is 0 Å². The highest BCUT2D eigenvalue weighted by Crippen LogP contribution is 2.29. The summed E-state index contributed by atoms with van der Waals surface area (Å²) in [5, 5.41) is 10.5. The predicted octanol–water partition coefficient (Wildman–Crippen LogP) is 5.86. The van der Waals surface area contributed by atoms with E-state index in [4.69, 9.17) is 0 Å². The van der Waals surface area contributed by atoms with Crippen LogP contribution in [-0.2, 0) is 5.41 Å². The molecule has 0 aliphatic carbocycles. The molecule has 1 atom stereocenters. The lowest BCUT2D eigenvalue weighted by molar-refractivity contribution is 0.0884. The van der Waals surface area contributed by atoms with Crippen molar-refractivity contribution < 1.29 is 5.11 Å². The minimum atomic E-state index is -0.250. The maximum absolute atomic E-state index is 10.5. The molecule has 0 fully saturated rings. The highest BCUT2D eigenvalue weighted by Gasteiger charge is 2.28. The zero-order chi connectivity index (χ0) is 15.6. The maximum atomic E-state index is 10.5. The van der Waals surface area contributed by atoms with Crippen molar-refractivity contribution >= 4 is 0 Å². The third-order valence-corrected chi connectivity index (χ3v) is 4.68. The minimum absolute atomic E-state index is 0.150. The molecule has 0 radical (unpaired) electrons. The number of aliphatic hydroxyl groups excluding tert-OH is 1. The van der Waals surface area contributed by atoms with Crippen LogP contribution in [0.5, 0.6) is 0 Å². The Kier molecular flexibility index (Phi) is 8.68. The Morgan fingerprint density at radius 1 is 0.857 bits per heavy atom. The van der Waals surface area contributed by atoms with Gasteiger partial charge in [0, 0.05) is 5.41 Å². The second kappa shape index (κ2) is 10.00. The summed E-state index contributed by atoms with van der Waals surface area (Å²) in [5.74, 6) is 0. The van der Waals surface area contributed by atoms with E-state index in [2.05, 4.69) is 45.0 Å². The molecule has 0 saturated carbocycles. The van der Waals surface area contributed by atoms with E-state index in [0.717, 1.165) is 12.8 Å². The first kappa shape index (κ1) is 18.2. The molecule has 0 amide bonds. The monoisotopic (exact) mass is 290 g/mol. The summed E-state index contributed by atoms with van der Waals surface area (Å²) in [4.78, 5) is 0. The van der Waals surface area contributed by atoms with E-state index >= 15 is 0 Å². The molecule has 1 aromatic carbocycles. The molecule has 21 heavy (non-hydrogen) atoms. The van der Waals surface area contributed by atoms with Gasteiger partial charge in [0.1, 0.15) is 0 Å². The van der Waals surface area contributed by atoms with E-state index in [1.54, 1.807) is 0 Å². The summed E-state index contributed by atoms with van der Waals surface area (Å²) in [6.07, 6.45) is 11.2. The number of hydrogen-bond acceptors (Lipinski definition) is 1. The van der Waals surface area contributed by atoms with E-state index in [1.807, 2.05) is 6.07 Å². The van der Waals surface area contributed by atoms with Crippen LogP contribution in [-0.4, -0.2) is 11.2 Å². The van der Waals surface area contributed by atoms with Gasteiger partial charge in [0.15, 0.2) is 0 Å². The summed E-state index contributed by atoms with van der Waals surface area (Å²) in [7, 11) is 0. The zero-order valence-corrected chi connectivity index (χ0v) is 14.3. The van der Waals surface area contributed by atoms with Crippen LogP contribution in [0.15, 0.2) is 30.3 Å². The second-order valence-corrected chi connectivity index (χ2v) is 6.87. The lowest BCUT2D eigenvalue weighted by Gasteiger charge is -2.31. The van der Waals surface area contributed by atoms with E-state index in [-0.39, 0.29) is 11.5 Å². The molecule has 0 bridgehead atoms. The molecule has 120 valence electrons. The van der Waals surface area contributed by atoms with Gasteiger partial charge in [-0.1, -0.05) is 102 Å². The van der Waals surface area contributed by atoms with Crippen LogP contribution in [0.25, 0.3) is 0 Å². The quantitative estimate of drug-likeness (QED) is 0.506. The van der Waals surface area contributed by atoms with E-state index in [9.17, 15) is 5.11 Å². The zero-order valence-electron chi connectivity index (χ0n) is 14.3. The smallest absolute Gasteiger partial charge is 0.0631 e. The summed E-state index contributed by atoms with van der Waals surface area (Å²) in [5.41, 5.74) is 1.08. The summed E-state index contributed by atoms with van der Waals surface area (Å²) >= 11 is 0. The number of unbranched alkanes of at least 4 members (excludes halogenated alkanes) is 7. The molecule has 1 aromatic rings. The predicted molar refractivity (Wildman–Crippen MR) is 92.7 cm³/mol. The fourth-order valence-corrected chi connectivity index (χ4v) is 2.89. The molecule has 0 saturated heterocycles. The molecule has 0 heterocycles. The molecular weight excluding hydrogens is 256 g/mol. The van der Waals surface area contributed by atoms with Gasteiger partial charge in [-0.3, -0.25) is 0 Å². The molecule has 1 unspecified atom stereocenters. The van der Waals surface area contributed by atoms with Crippen LogP contribution in [0.3, 0.4) is 0 Å². The molecule has 1 N–H and O–H groups in total. The highest BCUT2D eigenvalue weighted by molar-refractivity contribution is 5.24. The van der Waals surface area contributed by atoms with Crippen LogP contribution < -0.4 is 0 Å². The molecular formula is C20H34O. The Hall–Kier alpha value is -0.820. The molecule has 1 nitrogen and oxygen atoms in total. The minimum Gasteiger partial charge on any atom is -0.392 e. The summed E-state index contributed by atoms with van der Waals surface area (Å²) < 4.78 is 0. The van der Waals surface area contributed by atoms with Crippen LogP contribution in [0.4, 0.5) is 0 Å². The Bertz CT molecular complexity index is 355. The number of rotatable bonds is 11. The normalized spacial score (nSPS) is 13.3. The highest BCUT2D eigenvalue weighted by atomic mass is 16.3. The van der Waals surface area contributed by atoms with Crippen LogP contribution in [0.2, 0.25) is 0 Å². The van der Waals surface area contributed by atoms with Gasteiger partial charge in [-0.15, -0.1) is 0 Å². The number of aliphatic hydroxyl groups is 1. The third-order valence-electron chi connectivity index (χ3n) is 4.68. The van der Waals surface area contributed by atoms with Gasteiger partial charge in [0.05, 0.1) is 6.10 Å². The first-order valence-electron chi connectivity index (χ1n) is 8.82. The van der Waals surface area contributed by atoms with Gasteiger partial charge in [-0.25, -0.2) is 0 Å². The first-order valence-corrected chi connectivity index (χ1v) is 8.82. The molecule has 1 heteroatoms. The third kappa shape index (κ3) is 6.65. The van der Waals surface area contributed by atoms with Gasteiger partial charge in [0.2, 0.25) is 0 Å². The standard InChI is InChI=1S/C20H34O/c1-4-5-6-7-8-9-10-14-17-19(21)20(2,3)18-15-12-11-13-16-18/h11-13,15-16,19,21H,4-10,14,17H2,1-3H3. The van der Waals surface area contributed by atoms with Gasteiger partial charge < -0.3 is 5.11 Å². The van der Waals surface area contributed by atoms with Gasteiger partial charge in [-0.05, 0) is 12.0 Å². The average Bonchev–Trinajstić information content (AvgIpc) is 2.50. The van der Waals surface area contributed by atoms with Crippen molar-refractivity contribution in [1.82, 2.24) is 0 Å². The van der Waals surface area contributed by atoms with Crippen molar-refractivity contribution in [2.45, 2.75) is 90.1 Å². The Labute approximate surface area is 131 Å². The fraction of sp³-hybridized carbons (Fsp3) is 0.700. The Morgan fingerprint density at radius 3 is 1.95 bits per heavy atom. The first-order chi connectivity index (χ1) is 10.1. The van der Waals surface area contributed by atoms with Crippen LogP contribution >= 0.6 is 0 Å². The second-order valence-electron chi connectivity index (χ2n) is 6.87. The van der Waals surface area contributed by atoms with E-state index in [0.29, 0.717) is 0 Å². The molecule has 0 spiro atoms. The Morgan fingerprint density at radius 2 is 1.38 bits per heavy atom. The molecule has 0 aliphatic heterocycles. The van der Waals surface area contributed by atoms with E-state index in [1.165, 1.54) is 50.5 Å². The molecule has 0 aromatic heterocycles. The fourth-order valence-electron chi connectivity index (χ4n) is 2.89. The van der Waals surface area contributed by atoms with Crippen molar-refractivity contribution in [2.75, 3.05) is 0 Å². The van der Waals surface area contributed by atoms with Crippen molar-refractivity contribution in [3.8, 4) is 0 Å². The van der Waals surface area contributed by atoms with Crippen molar-refractivity contribution in [1.29, 1.82) is 0 Å². The SMILES string of the molecule is CCCCCCCCCCC(O)C(C)(C)c1ccccc1. The lowest BCUT2D eigenvalue weighted by Crippen LogP contribution is -2.33. The van der Waals surface area contributed by atoms with E-state index < -0.39 is 0 Å². The van der Waals surface area contributed by atoms with Crippen molar-refractivity contribution in [3.05, 3.63) is 35.9 Å². The van der Waals surface area contributed by atoms with Crippen molar-refractivity contribution in [3.63, 3.8) is 0 Å². The largest absolute Gasteiger partial charge is 0.392 e. The van der Waals surface area contributed by atoms with Crippen LogP contribution in [0.1, 0.15) is 84.1 Å². The topological polar surface area (TPSA) is 20.2 Å². The lowest BCUT2D eigenvalue weighted by atomic mass is 9.77. The van der Waals surface area contributed by atoms with Gasteiger partial charge >= 0.3 is 0 Å². The van der Waals surface area contributed by atoms with Gasteiger partial charge in [0.25, 0.3) is 0 Å². The maximum Gasteiger partial charge on any atom is 0.0631 e. The Balaban J connectivity index is 2.20. The molecule has 1 rings (SSSR count). The number of benzene rings is 1. The number of hydrogen-bond donors (Lipinski definition) is 1. The van der Waals surface area contributed by atoms with Crippen molar-refractivity contribution in [2.24, 2.45) is 0 Å². The summed E-state index contributed by atoms with van der Waals surface area (Å²) in [6, 6.07) is 10.4. The molecule has 0 aliphatic rings.